The third kappa shape index (κ3) is 2.93. The molecule has 2 nitrogen and oxygen atoms in total. The third-order valence-electron chi connectivity index (χ3n) is 2.59. The summed E-state index contributed by atoms with van der Waals surface area (Å²) in [5.74, 6) is 0.401. The average molecular weight is 266 g/mol. The number of nitrogens with one attached hydrogen (secondary N) is 1. The van der Waals surface area contributed by atoms with Gasteiger partial charge in [0, 0.05) is 17.8 Å². The summed E-state index contributed by atoms with van der Waals surface area (Å²) in [5.41, 5.74) is 1.44. The van der Waals surface area contributed by atoms with E-state index in [1.54, 1.807) is 37.4 Å². The lowest BCUT2D eigenvalue weighted by Crippen LogP contribution is -2.01. The van der Waals surface area contributed by atoms with Gasteiger partial charge in [-0.1, -0.05) is 29.8 Å². The van der Waals surface area contributed by atoms with E-state index in [1.807, 2.05) is 6.07 Å². The lowest BCUT2D eigenvalue weighted by atomic mass is 10.2. The van der Waals surface area contributed by atoms with Crippen LogP contribution in [0.5, 0.6) is 5.75 Å². The fourth-order valence-corrected chi connectivity index (χ4v) is 1.87. The van der Waals surface area contributed by atoms with Gasteiger partial charge < -0.3 is 10.1 Å². The summed E-state index contributed by atoms with van der Waals surface area (Å²) in [6.45, 7) is 0.412. The second-order valence-electron chi connectivity index (χ2n) is 3.79. The quantitative estimate of drug-likeness (QED) is 0.899. The highest BCUT2D eigenvalue weighted by Gasteiger charge is 2.03. The summed E-state index contributed by atoms with van der Waals surface area (Å²) in [7, 11) is 1.56. The van der Waals surface area contributed by atoms with E-state index in [4.69, 9.17) is 16.3 Å². The number of halogens is 2. The molecule has 0 aliphatic heterocycles. The molecule has 0 fully saturated rings. The molecule has 1 N–H and O–H groups in total. The molecule has 0 bridgehead atoms. The largest absolute Gasteiger partial charge is 0.495 e. The number of hydrogen-bond donors (Lipinski definition) is 1. The van der Waals surface area contributed by atoms with E-state index < -0.39 is 0 Å². The van der Waals surface area contributed by atoms with Gasteiger partial charge in [-0.2, -0.15) is 0 Å². The maximum absolute atomic E-state index is 13.4. The lowest BCUT2D eigenvalue weighted by molar-refractivity contribution is 0.415. The molecule has 0 heterocycles. The maximum Gasteiger partial charge on any atom is 0.137 e. The highest BCUT2D eigenvalue weighted by molar-refractivity contribution is 6.32. The summed E-state index contributed by atoms with van der Waals surface area (Å²) in [5, 5.41) is 3.64. The minimum Gasteiger partial charge on any atom is -0.495 e. The SMILES string of the molecule is COc1ccc(NCc2ccccc2F)cc1Cl. The molecule has 0 amide bonds. The van der Waals surface area contributed by atoms with Gasteiger partial charge in [0.05, 0.1) is 12.1 Å². The van der Waals surface area contributed by atoms with Crippen molar-refractivity contribution in [2.45, 2.75) is 6.54 Å². The van der Waals surface area contributed by atoms with Crippen LogP contribution in [0.2, 0.25) is 5.02 Å². The third-order valence-corrected chi connectivity index (χ3v) is 2.89. The van der Waals surface area contributed by atoms with Gasteiger partial charge in [-0.15, -0.1) is 0 Å². The first kappa shape index (κ1) is 12.7. The molecule has 2 aromatic rings. The summed E-state index contributed by atoms with van der Waals surface area (Å²) >= 11 is 6.00. The monoisotopic (exact) mass is 265 g/mol. The Morgan fingerprint density at radius 3 is 2.67 bits per heavy atom. The molecule has 0 saturated heterocycles. The Balaban J connectivity index is 2.07. The van der Waals surface area contributed by atoms with E-state index in [0.717, 1.165) is 5.69 Å². The molecule has 4 heteroatoms. The number of benzene rings is 2. The first-order chi connectivity index (χ1) is 8.70. The van der Waals surface area contributed by atoms with Crippen molar-refractivity contribution in [1.29, 1.82) is 0 Å². The van der Waals surface area contributed by atoms with Gasteiger partial charge in [-0.25, -0.2) is 4.39 Å². The van der Waals surface area contributed by atoms with Crippen molar-refractivity contribution in [3.05, 3.63) is 58.9 Å². The van der Waals surface area contributed by atoms with E-state index in [0.29, 0.717) is 22.9 Å². The van der Waals surface area contributed by atoms with Gasteiger partial charge in [0.1, 0.15) is 11.6 Å². The summed E-state index contributed by atoms with van der Waals surface area (Å²) in [6, 6.07) is 12.0. The van der Waals surface area contributed by atoms with E-state index in [-0.39, 0.29) is 5.82 Å². The number of rotatable bonds is 4. The first-order valence-corrected chi connectivity index (χ1v) is 5.89. The second kappa shape index (κ2) is 5.74. The maximum atomic E-state index is 13.4. The van der Waals surface area contributed by atoms with Gasteiger partial charge in [0.2, 0.25) is 0 Å². The fraction of sp³-hybridized carbons (Fsp3) is 0.143. The highest BCUT2D eigenvalue weighted by atomic mass is 35.5. The molecule has 94 valence electrons. The Labute approximate surface area is 110 Å². The van der Waals surface area contributed by atoms with Crippen LogP contribution >= 0.6 is 11.6 Å². The molecule has 0 atom stereocenters. The lowest BCUT2D eigenvalue weighted by Gasteiger charge is -2.09. The first-order valence-electron chi connectivity index (χ1n) is 5.51. The van der Waals surface area contributed by atoms with Gasteiger partial charge >= 0.3 is 0 Å². The summed E-state index contributed by atoms with van der Waals surface area (Å²) in [6.07, 6.45) is 0. The van der Waals surface area contributed by atoms with Gasteiger partial charge in [0.25, 0.3) is 0 Å². The molecule has 0 aromatic heterocycles. The van der Waals surface area contributed by atoms with E-state index in [2.05, 4.69) is 5.32 Å². The molecule has 2 aromatic carbocycles. The number of anilines is 1. The molecule has 0 spiro atoms. The van der Waals surface area contributed by atoms with Crippen LogP contribution in [-0.4, -0.2) is 7.11 Å². The molecule has 0 unspecified atom stereocenters. The molecule has 0 saturated carbocycles. The van der Waals surface area contributed by atoms with Crippen LogP contribution in [0.1, 0.15) is 5.56 Å². The molecule has 0 radical (unpaired) electrons. The summed E-state index contributed by atoms with van der Waals surface area (Å²) in [4.78, 5) is 0. The van der Waals surface area contributed by atoms with Crippen molar-refractivity contribution in [2.24, 2.45) is 0 Å². The van der Waals surface area contributed by atoms with Crippen LogP contribution < -0.4 is 10.1 Å². The van der Waals surface area contributed by atoms with Crippen molar-refractivity contribution in [3.8, 4) is 5.75 Å². The number of ether oxygens (including phenoxy) is 1. The zero-order valence-corrected chi connectivity index (χ0v) is 10.7. The average Bonchev–Trinajstić information content (AvgIpc) is 2.38. The minimum atomic E-state index is -0.218. The van der Waals surface area contributed by atoms with Gasteiger partial charge in [0.15, 0.2) is 0 Å². The molecule has 0 aliphatic rings. The molecule has 0 aliphatic carbocycles. The Kier molecular flexibility index (Phi) is 4.05. The van der Waals surface area contributed by atoms with E-state index in [1.165, 1.54) is 6.07 Å². The fourth-order valence-electron chi connectivity index (χ4n) is 1.62. The van der Waals surface area contributed by atoms with Crippen molar-refractivity contribution in [1.82, 2.24) is 0 Å². The smallest absolute Gasteiger partial charge is 0.137 e. The molecular weight excluding hydrogens is 253 g/mol. The molecule has 18 heavy (non-hydrogen) atoms. The highest BCUT2D eigenvalue weighted by Crippen LogP contribution is 2.27. The predicted molar refractivity (Wildman–Crippen MR) is 71.7 cm³/mol. The second-order valence-corrected chi connectivity index (χ2v) is 4.20. The minimum absolute atomic E-state index is 0.218. The number of hydrogen-bond acceptors (Lipinski definition) is 2. The number of methoxy groups -OCH3 is 1. The predicted octanol–water partition coefficient (Wildman–Crippen LogP) is 4.10. The van der Waals surface area contributed by atoms with Crippen LogP contribution in [0, 0.1) is 5.82 Å². The van der Waals surface area contributed by atoms with Crippen LogP contribution in [0.3, 0.4) is 0 Å². The molecule has 2 rings (SSSR count). The zero-order valence-electron chi connectivity index (χ0n) is 9.91. The van der Waals surface area contributed by atoms with Crippen molar-refractivity contribution in [3.63, 3.8) is 0 Å². The van der Waals surface area contributed by atoms with Crippen LogP contribution in [0.4, 0.5) is 10.1 Å². The standard InChI is InChI=1S/C14H13ClFNO/c1-18-14-7-6-11(8-12(14)15)17-9-10-4-2-3-5-13(10)16/h2-8,17H,9H2,1H3. The summed E-state index contributed by atoms with van der Waals surface area (Å²) < 4.78 is 18.5. The van der Waals surface area contributed by atoms with Crippen LogP contribution in [-0.2, 0) is 6.54 Å². The van der Waals surface area contributed by atoms with E-state index in [9.17, 15) is 4.39 Å². The molecular formula is C14H13ClFNO. The Morgan fingerprint density at radius 2 is 2.00 bits per heavy atom. The Morgan fingerprint density at radius 1 is 1.22 bits per heavy atom. The van der Waals surface area contributed by atoms with Crippen molar-refractivity contribution in [2.75, 3.05) is 12.4 Å². The Hall–Kier alpha value is -1.74. The zero-order chi connectivity index (χ0) is 13.0. The van der Waals surface area contributed by atoms with Gasteiger partial charge in [-0.3, -0.25) is 0 Å². The normalized spacial score (nSPS) is 10.2. The van der Waals surface area contributed by atoms with Gasteiger partial charge in [-0.05, 0) is 24.3 Å². The van der Waals surface area contributed by atoms with Crippen LogP contribution in [0.15, 0.2) is 42.5 Å². The van der Waals surface area contributed by atoms with E-state index >= 15 is 0 Å². The topological polar surface area (TPSA) is 21.3 Å². The van der Waals surface area contributed by atoms with Crippen molar-refractivity contribution >= 4 is 17.3 Å². The Bertz CT molecular complexity index is 545. The van der Waals surface area contributed by atoms with Crippen LogP contribution in [0.25, 0.3) is 0 Å². The van der Waals surface area contributed by atoms with Crippen molar-refractivity contribution < 1.29 is 9.13 Å².